The number of anilines is 2. The number of hydrogen-bond donors (Lipinski definition) is 1. The normalized spacial score (nSPS) is 15.0. The molecule has 1 N–H and O–H groups in total. The molecule has 1 aliphatic rings. The van der Waals surface area contributed by atoms with E-state index in [0.29, 0.717) is 18.2 Å². The summed E-state index contributed by atoms with van der Waals surface area (Å²) < 4.78 is 5.06. The van der Waals surface area contributed by atoms with Crippen molar-refractivity contribution in [2.75, 3.05) is 43.1 Å². The zero-order chi connectivity index (χ0) is 16.2. The van der Waals surface area contributed by atoms with Gasteiger partial charge in [0.2, 0.25) is 5.95 Å². The molecule has 23 heavy (non-hydrogen) atoms. The highest BCUT2D eigenvalue weighted by atomic mass is 35.5. The number of ether oxygens (including phenoxy) is 1. The Labute approximate surface area is 139 Å². The van der Waals surface area contributed by atoms with E-state index in [1.807, 2.05) is 24.3 Å². The molecule has 1 saturated heterocycles. The monoisotopic (exact) mass is 334 g/mol. The fourth-order valence-corrected chi connectivity index (χ4v) is 2.82. The predicted molar refractivity (Wildman–Crippen MR) is 91.4 cm³/mol. The second-order valence-electron chi connectivity index (χ2n) is 5.44. The topological polar surface area (TPSA) is 61.5 Å². The Morgan fingerprint density at radius 1 is 1.17 bits per heavy atom. The number of rotatable bonds is 4. The molecule has 7 heteroatoms. The minimum Gasteiger partial charge on any atom is -0.378 e. The number of benzene rings is 1. The van der Waals surface area contributed by atoms with Gasteiger partial charge in [-0.3, -0.25) is 9.78 Å². The van der Waals surface area contributed by atoms with Gasteiger partial charge >= 0.3 is 0 Å². The summed E-state index contributed by atoms with van der Waals surface area (Å²) in [7, 11) is 1.59. The number of nitrogens with one attached hydrogen (secondary N) is 1. The Kier molecular flexibility index (Phi) is 4.83. The van der Waals surface area contributed by atoms with Gasteiger partial charge in [-0.2, -0.15) is 0 Å². The number of nitrogens with zero attached hydrogens (tertiary/aromatic N) is 3. The van der Waals surface area contributed by atoms with Gasteiger partial charge in [-0.15, -0.1) is 0 Å². The van der Waals surface area contributed by atoms with Crippen molar-refractivity contribution < 1.29 is 4.74 Å². The van der Waals surface area contributed by atoms with Gasteiger partial charge in [-0.05, 0) is 24.3 Å². The van der Waals surface area contributed by atoms with Gasteiger partial charge in [0.15, 0.2) is 0 Å². The molecule has 0 bridgehead atoms. The molecule has 2 heterocycles. The summed E-state index contributed by atoms with van der Waals surface area (Å²) >= 11 is 5.93. The van der Waals surface area contributed by atoms with E-state index in [0.717, 1.165) is 36.9 Å². The van der Waals surface area contributed by atoms with Gasteiger partial charge in [0.05, 0.1) is 12.3 Å². The molecule has 3 rings (SSSR count). The highest BCUT2D eigenvalue weighted by Gasteiger charge is 2.19. The van der Waals surface area contributed by atoms with E-state index in [4.69, 9.17) is 16.3 Å². The maximum absolute atomic E-state index is 11.7. The molecule has 0 saturated carbocycles. The van der Waals surface area contributed by atoms with Crippen molar-refractivity contribution in [1.29, 1.82) is 0 Å². The van der Waals surface area contributed by atoms with Gasteiger partial charge in [-0.1, -0.05) is 11.6 Å². The van der Waals surface area contributed by atoms with E-state index in [2.05, 4.69) is 19.8 Å². The van der Waals surface area contributed by atoms with Crippen LogP contribution in [0.4, 0.5) is 11.6 Å². The number of H-pyrrole nitrogens is 1. The van der Waals surface area contributed by atoms with E-state index >= 15 is 0 Å². The molecule has 0 unspecified atom stereocenters. The summed E-state index contributed by atoms with van der Waals surface area (Å²) in [6.45, 7) is 3.64. The number of aromatic nitrogens is 2. The van der Waals surface area contributed by atoms with Crippen LogP contribution < -0.4 is 15.4 Å². The molecule has 122 valence electrons. The minimum absolute atomic E-state index is 0.151. The molecule has 1 fully saturated rings. The van der Waals surface area contributed by atoms with Crippen LogP contribution in [0.3, 0.4) is 0 Å². The summed E-state index contributed by atoms with van der Waals surface area (Å²) in [5.74, 6) is 0.611. The van der Waals surface area contributed by atoms with Crippen LogP contribution in [0.15, 0.2) is 35.1 Å². The second kappa shape index (κ2) is 7.02. The first-order valence-electron chi connectivity index (χ1n) is 7.50. The third kappa shape index (κ3) is 3.83. The molecule has 2 aromatic rings. The fourth-order valence-electron chi connectivity index (χ4n) is 2.69. The first-order chi connectivity index (χ1) is 11.2. The summed E-state index contributed by atoms with van der Waals surface area (Å²) in [5, 5.41) is 0.740. The lowest BCUT2D eigenvalue weighted by atomic mass is 10.2. The SMILES string of the molecule is COCc1cc(=O)[nH]c(N2CCN(c3ccc(Cl)cc3)CC2)n1. The molecular formula is C16H19ClN4O2. The first kappa shape index (κ1) is 15.8. The number of piperazine rings is 1. The zero-order valence-corrected chi connectivity index (χ0v) is 13.7. The zero-order valence-electron chi connectivity index (χ0n) is 13.0. The summed E-state index contributed by atoms with van der Waals surface area (Å²) in [5.41, 5.74) is 1.65. The van der Waals surface area contributed by atoms with Crippen LogP contribution in [0.1, 0.15) is 5.69 Å². The van der Waals surface area contributed by atoms with Crippen molar-refractivity contribution in [3.05, 3.63) is 51.4 Å². The highest BCUT2D eigenvalue weighted by Crippen LogP contribution is 2.20. The number of hydrogen-bond acceptors (Lipinski definition) is 5. The maximum atomic E-state index is 11.7. The highest BCUT2D eigenvalue weighted by molar-refractivity contribution is 6.30. The molecule has 0 spiro atoms. The van der Waals surface area contributed by atoms with Gasteiger partial charge in [0.1, 0.15) is 0 Å². The lowest BCUT2D eigenvalue weighted by molar-refractivity contribution is 0.181. The van der Waals surface area contributed by atoms with E-state index in [9.17, 15) is 4.79 Å². The largest absolute Gasteiger partial charge is 0.378 e. The van der Waals surface area contributed by atoms with Crippen molar-refractivity contribution in [1.82, 2.24) is 9.97 Å². The minimum atomic E-state index is -0.151. The van der Waals surface area contributed by atoms with Crippen LogP contribution in [0.2, 0.25) is 5.02 Å². The first-order valence-corrected chi connectivity index (χ1v) is 7.88. The Hall–Kier alpha value is -2.05. The van der Waals surface area contributed by atoms with Gasteiger partial charge in [-0.25, -0.2) is 4.98 Å². The van der Waals surface area contributed by atoms with Crippen LogP contribution in [-0.2, 0) is 11.3 Å². The van der Waals surface area contributed by atoms with Gasteiger partial charge < -0.3 is 14.5 Å². The van der Waals surface area contributed by atoms with Gasteiger partial charge in [0.25, 0.3) is 5.56 Å². The van der Waals surface area contributed by atoms with Crippen molar-refractivity contribution >= 4 is 23.2 Å². The molecule has 1 aromatic carbocycles. The van der Waals surface area contributed by atoms with Crippen LogP contribution in [0.25, 0.3) is 0 Å². The third-order valence-corrected chi connectivity index (χ3v) is 4.10. The Balaban J connectivity index is 1.69. The van der Waals surface area contributed by atoms with E-state index in [1.165, 1.54) is 6.07 Å². The number of halogens is 1. The summed E-state index contributed by atoms with van der Waals surface area (Å²) in [4.78, 5) is 23.4. The molecule has 6 nitrogen and oxygen atoms in total. The molecule has 0 radical (unpaired) electrons. The Morgan fingerprint density at radius 3 is 2.48 bits per heavy atom. The van der Waals surface area contributed by atoms with Crippen molar-refractivity contribution in [2.45, 2.75) is 6.61 Å². The third-order valence-electron chi connectivity index (χ3n) is 3.85. The van der Waals surface area contributed by atoms with Crippen LogP contribution in [0, 0.1) is 0 Å². The Morgan fingerprint density at radius 2 is 1.83 bits per heavy atom. The van der Waals surface area contributed by atoms with E-state index < -0.39 is 0 Å². The van der Waals surface area contributed by atoms with E-state index in [1.54, 1.807) is 7.11 Å². The lowest BCUT2D eigenvalue weighted by Gasteiger charge is -2.36. The van der Waals surface area contributed by atoms with E-state index in [-0.39, 0.29) is 5.56 Å². The smallest absolute Gasteiger partial charge is 0.252 e. The standard InChI is InChI=1S/C16H19ClN4O2/c1-23-11-13-10-15(22)19-16(18-13)21-8-6-20(7-9-21)14-4-2-12(17)3-5-14/h2-5,10H,6-9,11H2,1H3,(H,18,19,22). The molecule has 1 aliphatic heterocycles. The van der Waals surface area contributed by atoms with Crippen LogP contribution in [0.5, 0.6) is 0 Å². The Bertz CT molecular complexity index is 709. The summed E-state index contributed by atoms with van der Waals surface area (Å²) in [6.07, 6.45) is 0. The molecule has 0 amide bonds. The van der Waals surface area contributed by atoms with Crippen LogP contribution in [-0.4, -0.2) is 43.3 Å². The average Bonchev–Trinajstić information content (AvgIpc) is 2.55. The predicted octanol–water partition coefficient (Wildman–Crippen LogP) is 1.90. The van der Waals surface area contributed by atoms with Crippen LogP contribution >= 0.6 is 11.6 Å². The number of aromatic amines is 1. The fraction of sp³-hybridized carbons (Fsp3) is 0.375. The molecule has 0 aliphatic carbocycles. The second-order valence-corrected chi connectivity index (χ2v) is 5.88. The summed E-state index contributed by atoms with van der Waals surface area (Å²) in [6, 6.07) is 9.32. The van der Waals surface area contributed by atoms with Crippen molar-refractivity contribution in [3.8, 4) is 0 Å². The quantitative estimate of drug-likeness (QED) is 0.925. The lowest BCUT2D eigenvalue weighted by Crippen LogP contribution is -2.47. The van der Waals surface area contributed by atoms with Crippen molar-refractivity contribution in [3.63, 3.8) is 0 Å². The maximum Gasteiger partial charge on any atom is 0.252 e. The molecular weight excluding hydrogens is 316 g/mol. The molecule has 1 aromatic heterocycles. The average molecular weight is 335 g/mol. The molecule has 0 atom stereocenters. The van der Waals surface area contributed by atoms with Crippen molar-refractivity contribution in [2.24, 2.45) is 0 Å². The van der Waals surface area contributed by atoms with Gasteiger partial charge in [0, 0.05) is 50.1 Å². The number of methoxy groups -OCH3 is 1.